The zero-order valence-electron chi connectivity index (χ0n) is 15.2. The number of ether oxygens (including phenoxy) is 2. The van der Waals surface area contributed by atoms with Crippen molar-refractivity contribution in [3.63, 3.8) is 0 Å². The Balaban J connectivity index is 1.38. The zero-order chi connectivity index (χ0) is 20.2. The summed E-state index contributed by atoms with van der Waals surface area (Å²) in [6.07, 6.45) is 5.12. The summed E-state index contributed by atoms with van der Waals surface area (Å²) < 4.78 is 10.5. The van der Waals surface area contributed by atoms with Crippen molar-refractivity contribution >= 4 is 40.6 Å². The van der Waals surface area contributed by atoms with Gasteiger partial charge in [-0.1, -0.05) is 42.5 Å². The maximum Gasteiger partial charge on any atom is 0.294 e. The molecule has 0 unspecified atom stereocenters. The van der Waals surface area contributed by atoms with E-state index in [1.165, 1.54) is 0 Å². The van der Waals surface area contributed by atoms with Crippen LogP contribution in [0.25, 0.3) is 6.08 Å². The van der Waals surface area contributed by atoms with Crippen molar-refractivity contribution in [1.82, 2.24) is 4.90 Å². The van der Waals surface area contributed by atoms with Crippen LogP contribution in [-0.4, -0.2) is 35.3 Å². The van der Waals surface area contributed by atoms with Crippen LogP contribution in [0.4, 0.5) is 10.5 Å². The van der Waals surface area contributed by atoms with Gasteiger partial charge in [-0.25, -0.2) is 0 Å². The molecule has 146 valence electrons. The van der Waals surface area contributed by atoms with E-state index in [0.717, 1.165) is 22.2 Å². The number of imide groups is 1. The highest BCUT2D eigenvalue weighted by atomic mass is 32.2. The lowest BCUT2D eigenvalue weighted by Crippen LogP contribution is -2.36. The van der Waals surface area contributed by atoms with Gasteiger partial charge in [-0.15, -0.1) is 0 Å². The van der Waals surface area contributed by atoms with E-state index in [-0.39, 0.29) is 18.2 Å². The maximum absolute atomic E-state index is 12.5. The molecule has 2 aliphatic heterocycles. The van der Waals surface area contributed by atoms with Crippen LogP contribution in [0.3, 0.4) is 0 Å². The van der Waals surface area contributed by atoms with Crippen LogP contribution in [0.2, 0.25) is 0 Å². The molecular formula is C21H16N2O5S. The Hall–Kier alpha value is -3.52. The van der Waals surface area contributed by atoms with Gasteiger partial charge in [0.1, 0.15) is 6.54 Å². The minimum Gasteiger partial charge on any atom is -0.454 e. The number of thioether (sulfide) groups is 1. The van der Waals surface area contributed by atoms with Gasteiger partial charge in [0.05, 0.1) is 4.91 Å². The predicted molar refractivity (Wildman–Crippen MR) is 109 cm³/mol. The third-order valence-corrected chi connectivity index (χ3v) is 5.09. The van der Waals surface area contributed by atoms with Crippen LogP contribution in [0, 0.1) is 0 Å². The van der Waals surface area contributed by atoms with Crippen LogP contribution in [0.5, 0.6) is 11.5 Å². The Bertz CT molecular complexity index is 1030. The molecule has 2 aliphatic rings. The first-order valence-electron chi connectivity index (χ1n) is 8.77. The summed E-state index contributed by atoms with van der Waals surface area (Å²) in [6.45, 7) is -0.229. The number of rotatable bonds is 5. The average Bonchev–Trinajstić information content (AvgIpc) is 3.28. The average molecular weight is 408 g/mol. The quantitative estimate of drug-likeness (QED) is 0.761. The molecule has 0 spiro atoms. The fourth-order valence-corrected chi connectivity index (χ4v) is 3.57. The molecule has 0 aliphatic carbocycles. The lowest BCUT2D eigenvalue weighted by Gasteiger charge is -2.12. The molecule has 2 aromatic rings. The molecule has 0 saturated carbocycles. The first-order chi connectivity index (χ1) is 14.1. The molecule has 1 fully saturated rings. The van der Waals surface area contributed by atoms with Crippen molar-refractivity contribution in [2.45, 2.75) is 0 Å². The zero-order valence-corrected chi connectivity index (χ0v) is 16.0. The van der Waals surface area contributed by atoms with Gasteiger partial charge in [0, 0.05) is 11.8 Å². The van der Waals surface area contributed by atoms with E-state index < -0.39 is 17.1 Å². The highest BCUT2D eigenvalue weighted by Crippen LogP contribution is 2.34. The monoisotopic (exact) mass is 408 g/mol. The second-order valence-electron chi connectivity index (χ2n) is 6.18. The van der Waals surface area contributed by atoms with Gasteiger partial charge in [-0.05, 0) is 35.5 Å². The van der Waals surface area contributed by atoms with Crippen molar-refractivity contribution < 1.29 is 23.9 Å². The SMILES string of the molecule is O=C(CN1C(=O)SC(=CC=Cc2ccccc2)C1=O)Nc1ccc2c(c1)OCO2. The summed E-state index contributed by atoms with van der Waals surface area (Å²) in [4.78, 5) is 38.1. The van der Waals surface area contributed by atoms with E-state index >= 15 is 0 Å². The van der Waals surface area contributed by atoms with Gasteiger partial charge in [-0.3, -0.25) is 19.3 Å². The van der Waals surface area contributed by atoms with Gasteiger partial charge in [-0.2, -0.15) is 0 Å². The minimum absolute atomic E-state index is 0.133. The van der Waals surface area contributed by atoms with E-state index in [0.29, 0.717) is 17.2 Å². The third-order valence-electron chi connectivity index (χ3n) is 4.17. The lowest BCUT2D eigenvalue weighted by molar-refractivity contribution is -0.127. The molecule has 7 nitrogen and oxygen atoms in total. The number of carbonyl (C=O) groups is 3. The van der Waals surface area contributed by atoms with Crippen LogP contribution in [0.15, 0.2) is 65.6 Å². The van der Waals surface area contributed by atoms with Gasteiger partial charge >= 0.3 is 0 Å². The molecule has 29 heavy (non-hydrogen) atoms. The number of fused-ring (bicyclic) bond motifs is 1. The van der Waals surface area contributed by atoms with E-state index in [1.54, 1.807) is 30.4 Å². The number of nitrogens with zero attached hydrogens (tertiary/aromatic N) is 1. The highest BCUT2D eigenvalue weighted by Gasteiger charge is 2.36. The number of hydrogen-bond acceptors (Lipinski definition) is 6. The first kappa shape index (κ1) is 18.8. The van der Waals surface area contributed by atoms with Crippen LogP contribution >= 0.6 is 11.8 Å². The molecule has 0 atom stereocenters. The molecule has 4 rings (SSSR count). The van der Waals surface area contributed by atoms with Crippen molar-refractivity contribution in [1.29, 1.82) is 0 Å². The Morgan fingerprint density at radius 1 is 1.10 bits per heavy atom. The van der Waals surface area contributed by atoms with Crippen LogP contribution < -0.4 is 14.8 Å². The normalized spacial score (nSPS) is 16.8. The molecule has 0 radical (unpaired) electrons. The van der Waals surface area contributed by atoms with Crippen molar-refractivity contribution in [2.24, 2.45) is 0 Å². The molecule has 0 aromatic heterocycles. The fraction of sp³-hybridized carbons (Fsp3) is 0.0952. The van der Waals surface area contributed by atoms with E-state index in [4.69, 9.17) is 9.47 Å². The smallest absolute Gasteiger partial charge is 0.294 e. The summed E-state index contributed by atoms with van der Waals surface area (Å²) in [5, 5.41) is 2.18. The third kappa shape index (κ3) is 4.33. The Morgan fingerprint density at radius 3 is 2.72 bits per heavy atom. The second-order valence-corrected chi connectivity index (χ2v) is 7.17. The molecule has 1 N–H and O–H groups in total. The number of hydrogen-bond donors (Lipinski definition) is 1. The highest BCUT2D eigenvalue weighted by molar-refractivity contribution is 8.18. The number of anilines is 1. The van der Waals surface area contributed by atoms with E-state index in [1.807, 2.05) is 36.4 Å². The summed E-state index contributed by atoms with van der Waals surface area (Å²) in [6, 6.07) is 14.6. The maximum atomic E-state index is 12.5. The van der Waals surface area contributed by atoms with Gasteiger partial charge in [0.15, 0.2) is 11.5 Å². The van der Waals surface area contributed by atoms with Gasteiger partial charge in [0.2, 0.25) is 12.7 Å². The predicted octanol–water partition coefficient (Wildman–Crippen LogP) is 3.65. The summed E-state index contributed by atoms with van der Waals surface area (Å²) >= 11 is 0.812. The summed E-state index contributed by atoms with van der Waals surface area (Å²) in [5.74, 6) is 0.163. The number of carbonyl (C=O) groups excluding carboxylic acids is 3. The largest absolute Gasteiger partial charge is 0.454 e. The Kier molecular flexibility index (Phi) is 5.35. The first-order valence-corrected chi connectivity index (χ1v) is 9.58. The number of nitrogens with one attached hydrogen (secondary N) is 1. The topological polar surface area (TPSA) is 84.9 Å². The van der Waals surface area contributed by atoms with Crippen LogP contribution in [-0.2, 0) is 9.59 Å². The molecule has 2 heterocycles. The summed E-state index contributed by atoms with van der Waals surface area (Å²) in [7, 11) is 0. The summed E-state index contributed by atoms with van der Waals surface area (Å²) in [5.41, 5.74) is 1.47. The number of benzene rings is 2. The standard InChI is InChI=1S/C21H16N2O5S/c24-19(22-15-9-10-16-17(11-15)28-13-27-16)12-23-20(25)18(29-21(23)26)8-4-7-14-5-2-1-3-6-14/h1-11H,12-13H2,(H,22,24). The van der Waals surface area contributed by atoms with Gasteiger partial charge in [0.25, 0.3) is 11.1 Å². The van der Waals surface area contributed by atoms with Gasteiger partial charge < -0.3 is 14.8 Å². The molecule has 0 bridgehead atoms. The minimum atomic E-state index is -0.487. The molecule has 1 saturated heterocycles. The Labute approximate surface area is 171 Å². The number of amides is 3. The molecule has 3 amide bonds. The fourth-order valence-electron chi connectivity index (χ4n) is 2.78. The number of allylic oxidation sites excluding steroid dienone is 2. The molecular weight excluding hydrogens is 392 g/mol. The van der Waals surface area contributed by atoms with Crippen molar-refractivity contribution in [3.8, 4) is 11.5 Å². The van der Waals surface area contributed by atoms with E-state index in [9.17, 15) is 14.4 Å². The lowest BCUT2D eigenvalue weighted by atomic mass is 10.2. The van der Waals surface area contributed by atoms with Crippen molar-refractivity contribution in [2.75, 3.05) is 18.7 Å². The molecule has 8 heteroatoms. The van der Waals surface area contributed by atoms with Crippen molar-refractivity contribution in [3.05, 3.63) is 71.2 Å². The van der Waals surface area contributed by atoms with Crippen LogP contribution in [0.1, 0.15) is 5.56 Å². The second kappa shape index (κ2) is 8.24. The Morgan fingerprint density at radius 2 is 1.90 bits per heavy atom. The van der Waals surface area contributed by atoms with E-state index in [2.05, 4.69) is 5.32 Å². The molecule has 2 aromatic carbocycles.